The summed E-state index contributed by atoms with van der Waals surface area (Å²) in [5.41, 5.74) is 7.73. The molecule has 3 aromatic heterocycles. The van der Waals surface area contributed by atoms with E-state index in [9.17, 15) is 4.21 Å². The van der Waals surface area contributed by atoms with Crippen molar-refractivity contribution in [3.63, 3.8) is 0 Å². The number of piperazine rings is 1. The van der Waals surface area contributed by atoms with Gasteiger partial charge in [0.05, 0.1) is 34.4 Å². The average Bonchev–Trinajstić information content (AvgIpc) is 3.21. The Kier molecular flexibility index (Phi) is 6.33. The molecule has 2 N–H and O–H groups in total. The summed E-state index contributed by atoms with van der Waals surface area (Å²) in [4.78, 5) is 19.9. The van der Waals surface area contributed by atoms with Crippen molar-refractivity contribution in [2.75, 3.05) is 69.4 Å². The quantitative estimate of drug-likeness (QED) is 0.596. The Bertz CT molecular complexity index is 1120. The van der Waals surface area contributed by atoms with Crippen molar-refractivity contribution in [2.45, 2.75) is 6.54 Å². The first-order valence-corrected chi connectivity index (χ1v) is 13.1. The number of hydrogen-bond donors (Lipinski definition) is 1. The van der Waals surface area contributed by atoms with E-state index in [0.717, 1.165) is 67.4 Å². The predicted octanol–water partition coefficient (Wildman–Crippen LogP) is 1.58. The van der Waals surface area contributed by atoms with Crippen LogP contribution in [0.1, 0.15) is 4.88 Å². The van der Waals surface area contributed by atoms with E-state index in [0.29, 0.717) is 24.9 Å². The molecule has 2 fully saturated rings. The molecule has 2 aliphatic rings. The van der Waals surface area contributed by atoms with Gasteiger partial charge in [-0.15, -0.1) is 11.3 Å². The number of morpholine rings is 1. The first kappa shape index (κ1) is 21.7. The second-order valence-corrected chi connectivity index (χ2v) is 10.5. The smallest absolute Gasteiger partial charge is 0.162 e. The van der Waals surface area contributed by atoms with Crippen molar-refractivity contribution < 1.29 is 8.95 Å². The highest BCUT2D eigenvalue weighted by Crippen LogP contribution is 2.35. The molecule has 2 aliphatic heterocycles. The van der Waals surface area contributed by atoms with Crippen LogP contribution in [0.5, 0.6) is 0 Å². The minimum atomic E-state index is -0.893. The lowest BCUT2D eigenvalue weighted by Crippen LogP contribution is -2.46. The molecule has 11 heteroatoms. The minimum absolute atomic E-state index is 0.456. The Labute approximate surface area is 193 Å². The third-order valence-electron chi connectivity index (χ3n) is 5.83. The number of nitrogen functional groups attached to an aromatic ring is 1. The van der Waals surface area contributed by atoms with Crippen LogP contribution in [0.3, 0.4) is 0 Å². The van der Waals surface area contributed by atoms with Crippen LogP contribution in [0.2, 0.25) is 0 Å². The van der Waals surface area contributed by atoms with Gasteiger partial charge < -0.3 is 15.4 Å². The second-order valence-electron chi connectivity index (χ2n) is 8.00. The van der Waals surface area contributed by atoms with Crippen LogP contribution in [0, 0.1) is 0 Å². The highest BCUT2D eigenvalue weighted by molar-refractivity contribution is 7.81. The van der Waals surface area contributed by atoms with E-state index in [1.807, 2.05) is 16.4 Å². The van der Waals surface area contributed by atoms with Gasteiger partial charge >= 0.3 is 0 Å². The summed E-state index contributed by atoms with van der Waals surface area (Å²) in [5, 5.41) is 0. The molecule has 0 saturated carbocycles. The van der Waals surface area contributed by atoms with Crippen LogP contribution in [-0.4, -0.2) is 87.1 Å². The normalized spacial score (nSPS) is 19.5. The van der Waals surface area contributed by atoms with Crippen LogP contribution in [0.15, 0.2) is 24.4 Å². The molecule has 5 heterocycles. The fourth-order valence-electron chi connectivity index (χ4n) is 4.11. The molecule has 5 rings (SSSR count). The van der Waals surface area contributed by atoms with Crippen LogP contribution in [0.25, 0.3) is 21.6 Å². The molecular formula is C21H27N7O2S2. The van der Waals surface area contributed by atoms with Crippen molar-refractivity contribution >= 4 is 44.2 Å². The zero-order valence-corrected chi connectivity index (χ0v) is 19.7. The molecule has 0 spiro atoms. The molecule has 1 atom stereocenters. The number of ether oxygens (including phenoxy) is 1. The predicted molar refractivity (Wildman–Crippen MR) is 129 cm³/mol. The maximum Gasteiger partial charge on any atom is 0.162 e. The average molecular weight is 474 g/mol. The summed E-state index contributed by atoms with van der Waals surface area (Å²) in [6.07, 6.45) is 3.44. The number of aromatic nitrogens is 3. The summed E-state index contributed by atoms with van der Waals surface area (Å²) in [7, 11) is -0.893. The molecule has 0 radical (unpaired) electrons. The van der Waals surface area contributed by atoms with Crippen molar-refractivity contribution in [3.05, 3.63) is 29.3 Å². The Morgan fingerprint density at radius 1 is 1.12 bits per heavy atom. The van der Waals surface area contributed by atoms with Gasteiger partial charge in [-0.1, -0.05) is 0 Å². The van der Waals surface area contributed by atoms with Gasteiger partial charge in [0, 0.05) is 68.7 Å². The van der Waals surface area contributed by atoms with E-state index < -0.39 is 11.0 Å². The Morgan fingerprint density at radius 2 is 1.91 bits per heavy atom. The summed E-state index contributed by atoms with van der Waals surface area (Å²) >= 11 is 1.77. The Balaban J connectivity index is 1.47. The first-order valence-electron chi connectivity index (χ1n) is 10.7. The molecule has 2 saturated heterocycles. The minimum Gasteiger partial charge on any atom is -0.384 e. The molecule has 9 nitrogen and oxygen atoms in total. The number of nitrogens with zero attached hydrogens (tertiary/aromatic N) is 6. The van der Waals surface area contributed by atoms with Crippen molar-refractivity contribution in [2.24, 2.45) is 0 Å². The molecular weight excluding hydrogens is 446 g/mol. The highest BCUT2D eigenvalue weighted by Gasteiger charge is 2.23. The number of nitrogens with two attached hydrogens (primary N) is 1. The van der Waals surface area contributed by atoms with Gasteiger partial charge in [0.15, 0.2) is 11.6 Å². The SMILES string of the molecule is CS(=O)N1CCN(Cc2cc3nc(-c4ccnc(N)c4)nc(N4CCOCC4)c3s2)CC1. The van der Waals surface area contributed by atoms with Crippen molar-refractivity contribution in [1.29, 1.82) is 0 Å². The lowest BCUT2D eigenvalue weighted by atomic mass is 10.2. The number of fused-ring (bicyclic) bond motifs is 1. The molecule has 0 aliphatic carbocycles. The van der Waals surface area contributed by atoms with Gasteiger partial charge in [-0.05, 0) is 18.2 Å². The van der Waals surface area contributed by atoms with E-state index in [2.05, 4.69) is 20.9 Å². The third-order valence-corrected chi connectivity index (χ3v) is 8.03. The van der Waals surface area contributed by atoms with Crippen LogP contribution >= 0.6 is 11.3 Å². The van der Waals surface area contributed by atoms with Crippen molar-refractivity contribution in [3.8, 4) is 11.4 Å². The van der Waals surface area contributed by atoms with E-state index in [1.54, 1.807) is 23.8 Å². The Morgan fingerprint density at radius 3 is 2.62 bits per heavy atom. The molecule has 170 valence electrons. The number of thiophene rings is 1. The molecule has 0 bridgehead atoms. The molecule has 0 amide bonds. The van der Waals surface area contributed by atoms with E-state index in [4.69, 9.17) is 20.4 Å². The van der Waals surface area contributed by atoms with Crippen molar-refractivity contribution in [1.82, 2.24) is 24.2 Å². The molecule has 3 aromatic rings. The van der Waals surface area contributed by atoms with Gasteiger partial charge in [-0.2, -0.15) is 0 Å². The van der Waals surface area contributed by atoms with Gasteiger partial charge in [-0.3, -0.25) is 4.90 Å². The number of rotatable bonds is 5. The van der Waals surface area contributed by atoms with Crippen LogP contribution < -0.4 is 10.6 Å². The largest absolute Gasteiger partial charge is 0.384 e. The standard InChI is InChI=1S/C21H27N7O2S2/c1-32(29)28-6-4-26(5-7-28)14-16-13-17-19(31-16)21(27-8-10-30-11-9-27)25-20(24-17)15-2-3-23-18(22)12-15/h2-3,12-13H,4-11,14H2,1H3,(H2,22,23). The van der Waals surface area contributed by atoms with Gasteiger partial charge in [-0.25, -0.2) is 23.5 Å². The molecule has 1 unspecified atom stereocenters. The summed E-state index contributed by atoms with van der Waals surface area (Å²) in [6, 6.07) is 5.89. The lowest BCUT2D eigenvalue weighted by Gasteiger charge is -2.32. The maximum absolute atomic E-state index is 11.7. The van der Waals surface area contributed by atoms with Gasteiger partial charge in [0.2, 0.25) is 0 Å². The summed E-state index contributed by atoms with van der Waals surface area (Å²) in [6.45, 7) is 7.39. The van der Waals surface area contributed by atoms with E-state index in [1.165, 1.54) is 4.88 Å². The van der Waals surface area contributed by atoms with E-state index in [-0.39, 0.29) is 0 Å². The van der Waals surface area contributed by atoms with E-state index >= 15 is 0 Å². The lowest BCUT2D eigenvalue weighted by molar-refractivity contribution is 0.122. The fraction of sp³-hybridized carbons (Fsp3) is 0.476. The summed E-state index contributed by atoms with van der Waals surface area (Å²) in [5.74, 6) is 2.08. The molecule has 32 heavy (non-hydrogen) atoms. The zero-order chi connectivity index (χ0) is 22.1. The van der Waals surface area contributed by atoms with Crippen LogP contribution in [-0.2, 0) is 22.3 Å². The topological polar surface area (TPSA) is 101 Å². The third kappa shape index (κ3) is 4.62. The number of hydrogen-bond acceptors (Lipinski definition) is 9. The fourth-order valence-corrected chi connectivity index (χ4v) is 5.95. The number of anilines is 2. The van der Waals surface area contributed by atoms with Crippen LogP contribution in [0.4, 0.5) is 11.6 Å². The van der Waals surface area contributed by atoms with Gasteiger partial charge in [0.25, 0.3) is 0 Å². The second kappa shape index (κ2) is 9.36. The monoisotopic (exact) mass is 473 g/mol. The Hall–Kier alpha value is -2.18. The van der Waals surface area contributed by atoms with Gasteiger partial charge in [0.1, 0.15) is 5.82 Å². The zero-order valence-electron chi connectivity index (χ0n) is 18.1. The first-order chi connectivity index (χ1) is 15.6. The highest BCUT2D eigenvalue weighted by atomic mass is 32.2. The molecule has 0 aromatic carbocycles. The maximum atomic E-state index is 11.7. The number of pyridine rings is 1. The summed E-state index contributed by atoms with van der Waals surface area (Å²) < 4.78 is 20.4.